The van der Waals surface area contributed by atoms with Gasteiger partial charge in [-0.3, -0.25) is 4.79 Å². The van der Waals surface area contributed by atoms with Crippen LogP contribution in [0.4, 0.5) is 0 Å². The molecule has 0 spiro atoms. The van der Waals surface area contributed by atoms with Crippen LogP contribution in [-0.2, 0) is 0 Å². The van der Waals surface area contributed by atoms with Crippen LogP contribution < -0.4 is 5.73 Å². The molecule has 2 atom stereocenters. The largest absolute Gasteiger partial charge is 0.507 e. The van der Waals surface area contributed by atoms with Crippen molar-refractivity contribution < 1.29 is 9.90 Å². The zero-order valence-electron chi connectivity index (χ0n) is 10.7. The number of nitrogens with two attached hydrogens (primary N) is 1. The van der Waals surface area contributed by atoms with Gasteiger partial charge in [0.2, 0.25) is 0 Å². The molecular formula is C14H20N2O2. The van der Waals surface area contributed by atoms with E-state index < -0.39 is 0 Å². The first kappa shape index (κ1) is 12.9. The molecule has 1 fully saturated rings. The first-order chi connectivity index (χ1) is 8.59. The summed E-state index contributed by atoms with van der Waals surface area (Å²) in [6, 6.07) is 6.78. The maximum Gasteiger partial charge on any atom is 0.257 e. The number of phenols is 1. The van der Waals surface area contributed by atoms with Gasteiger partial charge in [-0.15, -0.1) is 0 Å². The minimum atomic E-state index is -0.0987. The Bertz CT molecular complexity index is 432. The van der Waals surface area contributed by atoms with Gasteiger partial charge in [-0.1, -0.05) is 12.1 Å². The van der Waals surface area contributed by atoms with Crippen molar-refractivity contribution in [3.63, 3.8) is 0 Å². The summed E-state index contributed by atoms with van der Waals surface area (Å²) in [7, 11) is 0. The Morgan fingerprint density at radius 3 is 2.89 bits per heavy atom. The molecule has 18 heavy (non-hydrogen) atoms. The van der Waals surface area contributed by atoms with Crippen LogP contribution in [0.1, 0.15) is 30.1 Å². The van der Waals surface area contributed by atoms with E-state index >= 15 is 0 Å². The van der Waals surface area contributed by atoms with Gasteiger partial charge in [-0.25, -0.2) is 0 Å². The summed E-state index contributed by atoms with van der Waals surface area (Å²) in [6.07, 6.45) is 2.05. The molecule has 2 unspecified atom stereocenters. The molecule has 0 aliphatic carbocycles. The molecule has 3 N–H and O–H groups in total. The molecule has 1 amide bonds. The molecule has 2 rings (SSSR count). The molecule has 0 aromatic heterocycles. The van der Waals surface area contributed by atoms with Gasteiger partial charge in [0, 0.05) is 19.1 Å². The lowest BCUT2D eigenvalue weighted by Crippen LogP contribution is -2.45. The van der Waals surface area contributed by atoms with Crippen molar-refractivity contribution in [2.75, 3.05) is 13.1 Å². The molecule has 4 heteroatoms. The zero-order valence-corrected chi connectivity index (χ0v) is 10.7. The van der Waals surface area contributed by atoms with Crippen molar-refractivity contribution in [1.29, 1.82) is 0 Å². The van der Waals surface area contributed by atoms with Crippen molar-refractivity contribution in [3.05, 3.63) is 29.8 Å². The first-order valence-electron chi connectivity index (χ1n) is 6.42. The third-order valence-electron chi connectivity index (χ3n) is 3.62. The van der Waals surface area contributed by atoms with E-state index in [0.717, 1.165) is 19.4 Å². The second-order valence-corrected chi connectivity index (χ2v) is 5.03. The minimum Gasteiger partial charge on any atom is -0.507 e. The number of likely N-dealkylation sites (tertiary alicyclic amines) is 1. The van der Waals surface area contributed by atoms with E-state index in [-0.39, 0.29) is 17.7 Å². The summed E-state index contributed by atoms with van der Waals surface area (Å²) in [5.74, 6) is 0.303. The van der Waals surface area contributed by atoms with Gasteiger partial charge in [0.05, 0.1) is 5.56 Å². The molecule has 1 saturated heterocycles. The van der Waals surface area contributed by atoms with Gasteiger partial charge in [0.1, 0.15) is 5.75 Å². The first-order valence-corrected chi connectivity index (χ1v) is 6.42. The van der Waals surface area contributed by atoms with Gasteiger partial charge in [-0.2, -0.15) is 0 Å². The summed E-state index contributed by atoms with van der Waals surface area (Å²) in [4.78, 5) is 14.1. The molecule has 0 radical (unpaired) electrons. The Morgan fingerprint density at radius 1 is 1.50 bits per heavy atom. The molecule has 0 bridgehead atoms. The quantitative estimate of drug-likeness (QED) is 0.835. The highest BCUT2D eigenvalue weighted by Crippen LogP contribution is 2.23. The number of benzene rings is 1. The summed E-state index contributed by atoms with van der Waals surface area (Å²) in [5.41, 5.74) is 6.29. The number of phenolic OH excluding ortho intramolecular Hbond substituents is 1. The highest BCUT2D eigenvalue weighted by atomic mass is 16.3. The fourth-order valence-corrected chi connectivity index (χ4v) is 2.45. The highest BCUT2D eigenvalue weighted by Gasteiger charge is 2.27. The number of para-hydroxylation sites is 1. The average molecular weight is 248 g/mol. The number of hydrogen-bond acceptors (Lipinski definition) is 3. The van der Waals surface area contributed by atoms with Crippen molar-refractivity contribution in [3.8, 4) is 5.75 Å². The smallest absolute Gasteiger partial charge is 0.257 e. The van der Waals surface area contributed by atoms with E-state index in [1.54, 1.807) is 29.2 Å². The van der Waals surface area contributed by atoms with Crippen LogP contribution in [0.3, 0.4) is 0 Å². The number of aromatic hydroxyl groups is 1. The molecule has 0 saturated carbocycles. The van der Waals surface area contributed by atoms with Gasteiger partial charge in [0.15, 0.2) is 0 Å². The predicted octanol–water partition coefficient (Wildman–Crippen LogP) is 1.59. The topological polar surface area (TPSA) is 66.6 Å². The Balaban J connectivity index is 2.12. The standard InChI is InChI=1S/C14H20N2O2/c1-10(15)11-5-4-8-16(9-11)14(18)12-6-2-3-7-13(12)17/h2-3,6-7,10-11,17H,4-5,8-9,15H2,1H3. The fourth-order valence-electron chi connectivity index (χ4n) is 2.45. The van der Waals surface area contributed by atoms with E-state index in [9.17, 15) is 9.90 Å². The lowest BCUT2D eigenvalue weighted by Gasteiger charge is -2.34. The lowest BCUT2D eigenvalue weighted by atomic mass is 9.92. The number of rotatable bonds is 2. The van der Waals surface area contributed by atoms with Crippen molar-refractivity contribution in [1.82, 2.24) is 4.90 Å². The van der Waals surface area contributed by atoms with Crippen molar-refractivity contribution in [2.24, 2.45) is 11.7 Å². The van der Waals surface area contributed by atoms with Crippen LogP contribution in [0.25, 0.3) is 0 Å². The molecule has 1 aliphatic heterocycles. The van der Waals surface area contributed by atoms with Crippen LogP contribution in [0.5, 0.6) is 5.75 Å². The summed E-state index contributed by atoms with van der Waals surface area (Å²) in [6.45, 7) is 3.42. The Hall–Kier alpha value is -1.55. The zero-order chi connectivity index (χ0) is 13.1. The van der Waals surface area contributed by atoms with Gasteiger partial charge in [0.25, 0.3) is 5.91 Å². The van der Waals surface area contributed by atoms with Crippen LogP contribution in [0.2, 0.25) is 0 Å². The number of carbonyl (C=O) groups excluding carboxylic acids is 1. The summed E-state index contributed by atoms with van der Waals surface area (Å²) >= 11 is 0. The summed E-state index contributed by atoms with van der Waals surface area (Å²) in [5, 5.41) is 9.71. The van der Waals surface area contributed by atoms with E-state index in [4.69, 9.17) is 5.73 Å². The third kappa shape index (κ3) is 2.64. The number of carbonyl (C=O) groups is 1. The number of amides is 1. The fraction of sp³-hybridized carbons (Fsp3) is 0.500. The van der Waals surface area contributed by atoms with Gasteiger partial charge >= 0.3 is 0 Å². The molecule has 98 valence electrons. The highest BCUT2D eigenvalue weighted by molar-refractivity contribution is 5.96. The van der Waals surface area contributed by atoms with Crippen LogP contribution >= 0.6 is 0 Å². The van der Waals surface area contributed by atoms with Gasteiger partial charge in [-0.05, 0) is 37.8 Å². The monoisotopic (exact) mass is 248 g/mol. The molecule has 1 aliphatic rings. The van der Waals surface area contributed by atoms with Crippen molar-refractivity contribution >= 4 is 5.91 Å². The second kappa shape index (κ2) is 5.40. The van der Waals surface area contributed by atoms with E-state index in [0.29, 0.717) is 18.0 Å². The number of hydrogen-bond donors (Lipinski definition) is 2. The Morgan fingerprint density at radius 2 is 2.22 bits per heavy atom. The molecule has 1 aromatic rings. The van der Waals surface area contributed by atoms with E-state index in [1.807, 2.05) is 6.92 Å². The van der Waals surface area contributed by atoms with Crippen LogP contribution in [0, 0.1) is 5.92 Å². The second-order valence-electron chi connectivity index (χ2n) is 5.03. The minimum absolute atomic E-state index is 0.0467. The molecular weight excluding hydrogens is 228 g/mol. The number of nitrogens with zero attached hydrogens (tertiary/aromatic N) is 1. The normalized spacial score (nSPS) is 21.7. The summed E-state index contributed by atoms with van der Waals surface area (Å²) < 4.78 is 0. The average Bonchev–Trinajstić information content (AvgIpc) is 2.38. The number of piperidine rings is 1. The third-order valence-corrected chi connectivity index (χ3v) is 3.62. The molecule has 4 nitrogen and oxygen atoms in total. The Kier molecular flexibility index (Phi) is 3.87. The van der Waals surface area contributed by atoms with E-state index in [1.165, 1.54) is 0 Å². The maximum absolute atomic E-state index is 12.3. The van der Waals surface area contributed by atoms with Crippen molar-refractivity contribution in [2.45, 2.75) is 25.8 Å². The predicted molar refractivity (Wildman–Crippen MR) is 70.4 cm³/mol. The van der Waals surface area contributed by atoms with Crippen LogP contribution in [0.15, 0.2) is 24.3 Å². The maximum atomic E-state index is 12.3. The van der Waals surface area contributed by atoms with Crippen LogP contribution in [-0.4, -0.2) is 35.0 Å². The molecule has 1 heterocycles. The lowest BCUT2D eigenvalue weighted by molar-refractivity contribution is 0.0658. The van der Waals surface area contributed by atoms with Gasteiger partial charge < -0.3 is 15.7 Å². The van der Waals surface area contributed by atoms with E-state index in [2.05, 4.69) is 0 Å². The Labute approximate surface area is 107 Å². The molecule has 1 aromatic carbocycles. The SMILES string of the molecule is CC(N)C1CCCN(C(=O)c2ccccc2O)C1.